The number of ether oxygens (including phenoxy) is 3. The summed E-state index contributed by atoms with van der Waals surface area (Å²) in [5.74, 6) is 1.69. The summed E-state index contributed by atoms with van der Waals surface area (Å²) in [6.07, 6.45) is 9.24. The molecule has 0 unspecified atom stereocenters. The molecule has 5 rings (SSSR count). The van der Waals surface area contributed by atoms with Crippen LogP contribution in [0.3, 0.4) is 0 Å². The first-order chi connectivity index (χ1) is 15.8. The maximum Gasteiger partial charge on any atom is 0.231 e. The Balaban J connectivity index is 1.41. The van der Waals surface area contributed by atoms with Crippen molar-refractivity contribution in [3.63, 3.8) is 0 Å². The topological polar surface area (TPSA) is 34.2 Å². The molecule has 0 amide bonds. The summed E-state index contributed by atoms with van der Waals surface area (Å²) in [6, 6.07) is 17.9. The van der Waals surface area contributed by atoms with Gasteiger partial charge in [0.05, 0.1) is 18.8 Å². The molecule has 1 aliphatic carbocycles. The highest BCUT2D eigenvalue weighted by molar-refractivity contribution is 5.58. The number of nitrogens with zero attached hydrogens (tertiary/aromatic N) is 2. The fourth-order valence-corrected chi connectivity index (χ4v) is 5.51. The number of likely N-dealkylation sites (tertiary alicyclic amines) is 1. The molecule has 5 heteroatoms. The SMILES string of the molecule is CN1CCC[C@@H](N(Cc2ccccc2)c2ccc3c(c2)OCO3)[C@@H]1COC1CCCCC1. The number of likely N-dealkylation sites (N-methyl/N-ethyl adjacent to an activating group) is 1. The van der Waals surface area contributed by atoms with Gasteiger partial charge in [-0.2, -0.15) is 0 Å². The second-order valence-electron chi connectivity index (χ2n) is 9.50. The highest BCUT2D eigenvalue weighted by Crippen LogP contribution is 2.38. The quantitative estimate of drug-likeness (QED) is 0.593. The molecule has 0 N–H and O–H groups in total. The monoisotopic (exact) mass is 436 g/mol. The Bertz CT molecular complexity index is 868. The third kappa shape index (κ3) is 4.89. The van der Waals surface area contributed by atoms with Gasteiger partial charge in [-0.05, 0) is 57.0 Å². The largest absolute Gasteiger partial charge is 0.454 e. The minimum absolute atomic E-state index is 0.307. The molecule has 2 aliphatic heterocycles. The van der Waals surface area contributed by atoms with Gasteiger partial charge in [0, 0.05) is 24.3 Å². The van der Waals surface area contributed by atoms with Crippen LogP contribution >= 0.6 is 0 Å². The lowest BCUT2D eigenvalue weighted by Crippen LogP contribution is -2.56. The van der Waals surface area contributed by atoms with Crippen molar-refractivity contribution in [3.8, 4) is 11.5 Å². The van der Waals surface area contributed by atoms with E-state index in [9.17, 15) is 0 Å². The Morgan fingerprint density at radius 2 is 1.75 bits per heavy atom. The van der Waals surface area contributed by atoms with Gasteiger partial charge in [0.15, 0.2) is 11.5 Å². The molecule has 2 aromatic carbocycles. The van der Waals surface area contributed by atoms with E-state index in [1.807, 2.05) is 0 Å². The molecule has 0 bridgehead atoms. The first-order valence-electron chi connectivity index (χ1n) is 12.3. The molecule has 2 atom stereocenters. The zero-order chi connectivity index (χ0) is 21.8. The minimum atomic E-state index is 0.307. The third-order valence-corrected chi connectivity index (χ3v) is 7.36. The highest BCUT2D eigenvalue weighted by atomic mass is 16.7. The average Bonchev–Trinajstić information content (AvgIpc) is 3.31. The molecule has 0 radical (unpaired) electrons. The zero-order valence-electron chi connectivity index (χ0n) is 19.2. The number of benzene rings is 2. The second-order valence-corrected chi connectivity index (χ2v) is 9.50. The molecule has 32 heavy (non-hydrogen) atoms. The molecular weight excluding hydrogens is 400 g/mol. The predicted molar refractivity (Wildman–Crippen MR) is 127 cm³/mol. The number of piperidine rings is 1. The Morgan fingerprint density at radius 3 is 2.59 bits per heavy atom. The standard InChI is InChI=1S/C27H36N2O3/c1-28-16-8-13-24(25(28)19-30-23-11-6-3-7-12-23)29(18-21-9-4-2-5-10-21)22-14-15-26-27(17-22)32-20-31-26/h2,4-5,9-10,14-15,17,23-25H,3,6-8,11-13,16,18-20H2,1H3/t24-,25+/m1/s1. The van der Waals surface area contributed by atoms with Crippen LogP contribution in [-0.2, 0) is 11.3 Å². The van der Waals surface area contributed by atoms with Gasteiger partial charge in [0.2, 0.25) is 6.79 Å². The molecule has 0 spiro atoms. The van der Waals surface area contributed by atoms with E-state index >= 15 is 0 Å². The smallest absolute Gasteiger partial charge is 0.231 e. The van der Waals surface area contributed by atoms with Crippen molar-refractivity contribution in [3.05, 3.63) is 54.1 Å². The van der Waals surface area contributed by atoms with Gasteiger partial charge in [0.25, 0.3) is 0 Å². The fraction of sp³-hybridized carbons (Fsp3) is 0.556. The number of hydrogen-bond donors (Lipinski definition) is 0. The van der Waals surface area contributed by atoms with Crippen LogP contribution in [0.5, 0.6) is 11.5 Å². The summed E-state index contributed by atoms with van der Waals surface area (Å²) in [5.41, 5.74) is 2.52. The summed E-state index contributed by atoms with van der Waals surface area (Å²) >= 11 is 0. The van der Waals surface area contributed by atoms with Gasteiger partial charge in [0.1, 0.15) is 0 Å². The summed E-state index contributed by atoms with van der Waals surface area (Å²) in [4.78, 5) is 5.09. The number of anilines is 1. The molecule has 2 heterocycles. The van der Waals surface area contributed by atoms with Crippen molar-refractivity contribution in [2.24, 2.45) is 0 Å². The number of rotatable bonds is 7. The van der Waals surface area contributed by atoms with Gasteiger partial charge in [-0.25, -0.2) is 0 Å². The van der Waals surface area contributed by atoms with Crippen molar-refractivity contribution in [1.29, 1.82) is 0 Å². The highest BCUT2D eigenvalue weighted by Gasteiger charge is 2.35. The Morgan fingerprint density at radius 1 is 0.938 bits per heavy atom. The van der Waals surface area contributed by atoms with Gasteiger partial charge in [-0.15, -0.1) is 0 Å². The molecule has 1 saturated heterocycles. The molecule has 172 valence electrons. The van der Waals surface area contributed by atoms with Crippen LogP contribution < -0.4 is 14.4 Å². The van der Waals surface area contributed by atoms with Crippen LogP contribution in [0.4, 0.5) is 5.69 Å². The van der Waals surface area contributed by atoms with Gasteiger partial charge in [-0.3, -0.25) is 4.90 Å². The summed E-state index contributed by atoms with van der Waals surface area (Å²) in [7, 11) is 2.27. The van der Waals surface area contributed by atoms with Crippen molar-refractivity contribution in [1.82, 2.24) is 4.90 Å². The van der Waals surface area contributed by atoms with E-state index in [1.165, 1.54) is 56.2 Å². The first kappa shape index (κ1) is 21.6. The zero-order valence-corrected chi connectivity index (χ0v) is 19.2. The van der Waals surface area contributed by atoms with Gasteiger partial charge < -0.3 is 19.1 Å². The molecular formula is C27H36N2O3. The summed E-state index contributed by atoms with van der Waals surface area (Å²) in [5, 5.41) is 0. The van der Waals surface area contributed by atoms with E-state index in [1.54, 1.807) is 0 Å². The minimum Gasteiger partial charge on any atom is -0.454 e. The van der Waals surface area contributed by atoms with Gasteiger partial charge in [-0.1, -0.05) is 49.6 Å². The Hall–Kier alpha value is -2.24. The third-order valence-electron chi connectivity index (χ3n) is 7.36. The van der Waals surface area contributed by atoms with Crippen LogP contribution in [0.15, 0.2) is 48.5 Å². The van der Waals surface area contributed by atoms with Crippen molar-refractivity contribution in [2.75, 3.05) is 31.9 Å². The molecule has 3 aliphatic rings. The number of fused-ring (bicyclic) bond motifs is 1. The van der Waals surface area contributed by atoms with Crippen LogP contribution in [0.1, 0.15) is 50.5 Å². The molecule has 5 nitrogen and oxygen atoms in total. The fourth-order valence-electron chi connectivity index (χ4n) is 5.51. The molecule has 1 saturated carbocycles. The molecule has 0 aromatic heterocycles. The second kappa shape index (κ2) is 10.1. The van der Waals surface area contributed by atoms with E-state index < -0.39 is 0 Å². The summed E-state index contributed by atoms with van der Waals surface area (Å²) in [6.45, 7) is 3.12. The first-order valence-corrected chi connectivity index (χ1v) is 12.3. The maximum atomic E-state index is 6.52. The maximum absolute atomic E-state index is 6.52. The Labute approximate surface area is 192 Å². The van der Waals surface area contributed by atoms with Gasteiger partial charge >= 0.3 is 0 Å². The van der Waals surface area contributed by atoms with Crippen molar-refractivity contribution in [2.45, 2.75) is 69.7 Å². The van der Waals surface area contributed by atoms with Crippen LogP contribution in [0.2, 0.25) is 0 Å². The lowest BCUT2D eigenvalue weighted by atomic mass is 9.93. The van der Waals surface area contributed by atoms with Crippen LogP contribution in [-0.4, -0.2) is 50.1 Å². The average molecular weight is 437 g/mol. The van der Waals surface area contributed by atoms with Crippen LogP contribution in [0.25, 0.3) is 0 Å². The Kier molecular flexibility index (Phi) is 6.84. The van der Waals surface area contributed by atoms with Crippen molar-refractivity contribution < 1.29 is 14.2 Å². The lowest BCUT2D eigenvalue weighted by molar-refractivity contribution is -0.0182. The van der Waals surface area contributed by atoms with E-state index in [-0.39, 0.29) is 0 Å². The van der Waals surface area contributed by atoms with E-state index in [0.717, 1.165) is 31.2 Å². The van der Waals surface area contributed by atoms with E-state index in [2.05, 4.69) is 65.4 Å². The molecule has 2 fully saturated rings. The van der Waals surface area contributed by atoms with E-state index in [4.69, 9.17) is 14.2 Å². The number of hydrogen-bond acceptors (Lipinski definition) is 5. The normalized spacial score (nSPS) is 23.9. The summed E-state index contributed by atoms with van der Waals surface area (Å²) < 4.78 is 17.8. The van der Waals surface area contributed by atoms with Crippen molar-refractivity contribution >= 4 is 5.69 Å². The lowest BCUT2D eigenvalue weighted by Gasteiger charge is -2.46. The van der Waals surface area contributed by atoms with E-state index in [0.29, 0.717) is 25.0 Å². The predicted octanol–water partition coefficient (Wildman–Crippen LogP) is 5.23. The molecule has 2 aromatic rings. The van der Waals surface area contributed by atoms with Crippen LogP contribution in [0, 0.1) is 0 Å².